The van der Waals surface area contributed by atoms with Crippen molar-refractivity contribution in [3.05, 3.63) is 53.6 Å². The largest absolute Gasteiger partial charge is 0.493 e. The number of rotatable bonds is 10. The summed E-state index contributed by atoms with van der Waals surface area (Å²) in [6.45, 7) is 6.35. The number of carbonyl (C=O) groups excluding carboxylic acids is 2. The second-order valence-electron chi connectivity index (χ2n) is 7.56. The number of nitrogens with one attached hydrogen (secondary N) is 3. The Morgan fingerprint density at radius 3 is 2.42 bits per heavy atom. The predicted octanol–water partition coefficient (Wildman–Crippen LogP) is 3.91. The lowest BCUT2D eigenvalue weighted by Crippen LogP contribution is -2.51. The third-order valence-electron chi connectivity index (χ3n) is 5.22. The highest BCUT2D eigenvalue weighted by molar-refractivity contribution is 5.93. The molecule has 0 saturated heterocycles. The van der Waals surface area contributed by atoms with Crippen molar-refractivity contribution < 1.29 is 19.1 Å². The normalized spacial score (nSPS) is 12.4. The maximum Gasteiger partial charge on any atom is 0.319 e. The maximum absolute atomic E-state index is 12.8. The summed E-state index contributed by atoms with van der Waals surface area (Å²) in [6, 6.07) is 12.2. The fourth-order valence-electron chi connectivity index (χ4n) is 3.21. The van der Waals surface area contributed by atoms with Gasteiger partial charge < -0.3 is 25.4 Å². The molecule has 2 unspecified atom stereocenters. The highest BCUT2D eigenvalue weighted by Crippen LogP contribution is 2.27. The molecule has 7 heteroatoms. The van der Waals surface area contributed by atoms with Crippen LogP contribution in [0.15, 0.2) is 42.5 Å². The van der Waals surface area contributed by atoms with E-state index in [0.29, 0.717) is 30.2 Å². The van der Waals surface area contributed by atoms with E-state index in [1.54, 1.807) is 14.2 Å². The van der Waals surface area contributed by atoms with Gasteiger partial charge in [-0.1, -0.05) is 38.5 Å². The molecule has 0 aromatic heterocycles. The molecule has 2 rings (SSSR count). The van der Waals surface area contributed by atoms with Crippen LogP contribution in [-0.4, -0.2) is 38.7 Å². The minimum atomic E-state index is -0.625. The van der Waals surface area contributed by atoms with Crippen molar-refractivity contribution in [2.75, 3.05) is 26.1 Å². The number of hydrogen-bond donors (Lipinski definition) is 3. The predicted molar refractivity (Wildman–Crippen MR) is 123 cm³/mol. The van der Waals surface area contributed by atoms with E-state index in [-0.39, 0.29) is 11.8 Å². The van der Waals surface area contributed by atoms with E-state index < -0.39 is 12.1 Å². The van der Waals surface area contributed by atoms with Gasteiger partial charge in [0.05, 0.1) is 14.2 Å². The Balaban J connectivity index is 1.94. The lowest BCUT2D eigenvalue weighted by atomic mass is 9.98. The second kappa shape index (κ2) is 11.8. The van der Waals surface area contributed by atoms with Crippen LogP contribution in [0.1, 0.15) is 31.4 Å². The van der Waals surface area contributed by atoms with Gasteiger partial charge in [0.2, 0.25) is 5.91 Å². The highest BCUT2D eigenvalue weighted by atomic mass is 16.5. The van der Waals surface area contributed by atoms with Gasteiger partial charge in [-0.15, -0.1) is 0 Å². The second-order valence-corrected chi connectivity index (χ2v) is 7.56. The number of aryl methyl sites for hydroxylation is 1. The van der Waals surface area contributed by atoms with Crippen molar-refractivity contribution >= 4 is 17.6 Å². The Kier molecular flexibility index (Phi) is 9.18. The maximum atomic E-state index is 12.8. The average molecular weight is 428 g/mol. The zero-order valence-electron chi connectivity index (χ0n) is 19.0. The van der Waals surface area contributed by atoms with Crippen molar-refractivity contribution in [3.63, 3.8) is 0 Å². The van der Waals surface area contributed by atoms with Crippen LogP contribution in [0, 0.1) is 12.8 Å². The quantitative estimate of drug-likeness (QED) is 0.536. The molecule has 2 atom stereocenters. The van der Waals surface area contributed by atoms with Crippen LogP contribution in [-0.2, 0) is 11.2 Å². The third-order valence-corrected chi connectivity index (χ3v) is 5.22. The molecule has 31 heavy (non-hydrogen) atoms. The van der Waals surface area contributed by atoms with Crippen LogP contribution in [0.3, 0.4) is 0 Å². The van der Waals surface area contributed by atoms with E-state index in [0.717, 1.165) is 17.5 Å². The molecule has 2 aromatic carbocycles. The van der Waals surface area contributed by atoms with Gasteiger partial charge in [0.1, 0.15) is 6.04 Å². The molecule has 0 spiro atoms. The zero-order valence-corrected chi connectivity index (χ0v) is 19.0. The van der Waals surface area contributed by atoms with Crippen LogP contribution < -0.4 is 25.4 Å². The summed E-state index contributed by atoms with van der Waals surface area (Å²) in [6.07, 6.45) is 1.40. The van der Waals surface area contributed by atoms with Crippen LogP contribution in [0.2, 0.25) is 0 Å². The van der Waals surface area contributed by atoms with Crippen LogP contribution in [0.5, 0.6) is 11.5 Å². The molecule has 3 N–H and O–H groups in total. The van der Waals surface area contributed by atoms with Crippen molar-refractivity contribution in [2.24, 2.45) is 5.92 Å². The monoisotopic (exact) mass is 427 g/mol. The Labute approximate surface area is 184 Å². The number of methoxy groups -OCH3 is 2. The fourth-order valence-corrected chi connectivity index (χ4v) is 3.21. The smallest absolute Gasteiger partial charge is 0.319 e. The van der Waals surface area contributed by atoms with Gasteiger partial charge in [-0.05, 0) is 54.7 Å². The number of ether oxygens (including phenoxy) is 2. The Hall–Kier alpha value is -3.22. The van der Waals surface area contributed by atoms with Gasteiger partial charge in [-0.3, -0.25) is 4.79 Å². The number of anilines is 1. The number of amides is 3. The minimum Gasteiger partial charge on any atom is -0.493 e. The van der Waals surface area contributed by atoms with Crippen molar-refractivity contribution in [1.82, 2.24) is 10.6 Å². The van der Waals surface area contributed by atoms with Gasteiger partial charge in [-0.2, -0.15) is 0 Å². The first-order chi connectivity index (χ1) is 14.9. The lowest BCUT2D eigenvalue weighted by Gasteiger charge is -2.24. The molecule has 2 aromatic rings. The SMILES string of the molecule is CCC(C)C(NC(=O)Nc1cccc(C)c1)C(=O)NCCc1ccc(OC)c(OC)c1. The van der Waals surface area contributed by atoms with Gasteiger partial charge in [0.25, 0.3) is 0 Å². The zero-order chi connectivity index (χ0) is 22.8. The molecule has 0 fully saturated rings. The summed E-state index contributed by atoms with van der Waals surface area (Å²) in [5.41, 5.74) is 2.75. The van der Waals surface area contributed by atoms with Crippen molar-refractivity contribution in [2.45, 2.75) is 39.7 Å². The number of carbonyl (C=O) groups is 2. The van der Waals surface area contributed by atoms with Gasteiger partial charge in [0.15, 0.2) is 11.5 Å². The first-order valence-corrected chi connectivity index (χ1v) is 10.5. The van der Waals surface area contributed by atoms with Gasteiger partial charge in [0, 0.05) is 12.2 Å². The molecule has 3 amide bonds. The van der Waals surface area contributed by atoms with E-state index in [1.165, 1.54) is 0 Å². The van der Waals surface area contributed by atoms with Crippen LogP contribution in [0.4, 0.5) is 10.5 Å². The lowest BCUT2D eigenvalue weighted by molar-refractivity contribution is -0.124. The van der Waals surface area contributed by atoms with Crippen molar-refractivity contribution in [1.29, 1.82) is 0 Å². The molecule has 0 aliphatic rings. The van der Waals surface area contributed by atoms with Gasteiger partial charge in [-0.25, -0.2) is 4.79 Å². The van der Waals surface area contributed by atoms with Crippen LogP contribution >= 0.6 is 0 Å². The van der Waals surface area contributed by atoms with E-state index in [9.17, 15) is 9.59 Å². The molecule has 168 valence electrons. The summed E-state index contributed by atoms with van der Waals surface area (Å²) in [5.74, 6) is 1.10. The van der Waals surface area contributed by atoms with Crippen LogP contribution in [0.25, 0.3) is 0 Å². The number of benzene rings is 2. The molecule has 0 aliphatic carbocycles. The number of hydrogen-bond acceptors (Lipinski definition) is 4. The molecule has 0 heterocycles. The van der Waals surface area contributed by atoms with E-state index in [4.69, 9.17) is 9.47 Å². The molecular weight excluding hydrogens is 394 g/mol. The minimum absolute atomic E-state index is 0.00987. The first-order valence-electron chi connectivity index (χ1n) is 10.5. The highest BCUT2D eigenvalue weighted by Gasteiger charge is 2.25. The van der Waals surface area contributed by atoms with Crippen molar-refractivity contribution in [3.8, 4) is 11.5 Å². The first kappa shape index (κ1) is 24.1. The summed E-state index contributed by atoms with van der Waals surface area (Å²) in [7, 11) is 3.18. The molecule has 0 radical (unpaired) electrons. The fraction of sp³-hybridized carbons (Fsp3) is 0.417. The molecule has 7 nitrogen and oxygen atoms in total. The Bertz CT molecular complexity index is 885. The van der Waals surface area contributed by atoms with E-state index >= 15 is 0 Å². The molecular formula is C24H33N3O4. The standard InChI is InChI=1S/C24H33N3O4/c1-6-17(3)22(27-24(29)26-19-9-7-8-16(2)14-19)23(28)25-13-12-18-10-11-20(30-4)21(15-18)31-5/h7-11,14-15,17,22H,6,12-13H2,1-5H3,(H,25,28)(H2,26,27,29). The molecule has 0 saturated carbocycles. The Morgan fingerprint density at radius 1 is 1.03 bits per heavy atom. The third kappa shape index (κ3) is 7.20. The topological polar surface area (TPSA) is 88.7 Å². The summed E-state index contributed by atoms with van der Waals surface area (Å²) < 4.78 is 10.6. The Morgan fingerprint density at radius 2 is 1.77 bits per heavy atom. The summed E-state index contributed by atoms with van der Waals surface area (Å²) in [4.78, 5) is 25.3. The molecule has 0 aliphatic heterocycles. The average Bonchev–Trinajstić information content (AvgIpc) is 2.76. The van der Waals surface area contributed by atoms with E-state index in [1.807, 2.05) is 63.2 Å². The summed E-state index contributed by atoms with van der Waals surface area (Å²) >= 11 is 0. The van der Waals surface area contributed by atoms with E-state index in [2.05, 4.69) is 16.0 Å². The molecule has 0 bridgehead atoms. The summed E-state index contributed by atoms with van der Waals surface area (Å²) in [5, 5.41) is 8.55. The number of urea groups is 1. The van der Waals surface area contributed by atoms with Gasteiger partial charge >= 0.3 is 6.03 Å².